The Morgan fingerprint density at radius 3 is 2.86 bits per heavy atom. The summed E-state index contributed by atoms with van der Waals surface area (Å²) in [6.45, 7) is 3.08. The summed E-state index contributed by atoms with van der Waals surface area (Å²) in [5, 5.41) is 2.87. The van der Waals surface area contributed by atoms with E-state index in [9.17, 15) is 4.79 Å². The van der Waals surface area contributed by atoms with Gasteiger partial charge in [-0.25, -0.2) is 4.98 Å². The van der Waals surface area contributed by atoms with Crippen LogP contribution in [0.5, 0.6) is 0 Å². The van der Waals surface area contributed by atoms with E-state index in [0.717, 1.165) is 25.0 Å². The van der Waals surface area contributed by atoms with E-state index in [-0.39, 0.29) is 5.91 Å². The molecule has 0 spiro atoms. The van der Waals surface area contributed by atoms with E-state index in [0.29, 0.717) is 30.6 Å². The van der Waals surface area contributed by atoms with E-state index < -0.39 is 0 Å². The molecule has 1 amide bonds. The first-order valence-electron chi connectivity index (χ1n) is 7.85. The first-order chi connectivity index (χ1) is 10.2. The second-order valence-corrected chi connectivity index (χ2v) is 5.51. The van der Waals surface area contributed by atoms with Crippen molar-refractivity contribution in [2.45, 2.75) is 51.6 Å². The van der Waals surface area contributed by atoms with E-state index in [1.165, 1.54) is 19.3 Å². The summed E-state index contributed by atoms with van der Waals surface area (Å²) in [7, 11) is 0. The summed E-state index contributed by atoms with van der Waals surface area (Å²) in [4.78, 5) is 16.2. The zero-order valence-electron chi connectivity index (χ0n) is 12.7. The molecule has 1 aliphatic rings. The normalized spacial score (nSPS) is 15.9. The lowest BCUT2D eigenvalue weighted by atomic mass is 9.98. The van der Waals surface area contributed by atoms with Crippen LogP contribution in [0.2, 0.25) is 0 Å². The van der Waals surface area contributed by atoms with Crippen LogP contribution in [0.15, 0.2) is 12.1 Å². The molecule has 0 unspecified atom stereocenters. The zero-order chi connectivity index (χ0) is 15.1. The number of carbonyl (C=O) groups excluding carboxylic acids is 1. The summed E-state index contributed by atoms with van der Waals surface area (Å²) in [6, 6.07) is 3.39. The number of nitrogens with two attached hydrogens (primary N) is 1. The molecule has 1 heterocycles. The van der Waals surface area contributed by atoms with E-state index in [4.69, 9.17) is 10.5 Å². The molecule has 2 rings (SSSR count). The summed E-state index contributed by atoms with van der Waals surface area (Å²) in [6.07, 6.45) is 7.26. The molecule has 1 aliphatic carbocycles. The number of amides is 1. The Bertz CT molecular complexity index is 471. The Morgan fingerprint density at radius 1 is 1.38 bits per heavy atom. The first-order valence-corrected chi connectivity index (χ1v) is 7.85. The van der Waals surface area contributed by atoms with Crippen molar-refractivity contribution in [3.63, 3.8) is 0 Å². The maximum Gasteiger partial charge on any atom is 0.251 e. The number of hydrogen-bond donors (Lipinski definition) is 2. The number of carbonyl (C=O) groups is 1. The lowest BCUT2D eigenvalue weighted by molar-refractivity contribution is 0.0299. The van der Waals surface area contributed by atoms with Crippen LogP contribution in [-0.4, -0.2) is 30.1 Å². The number of nitrogens with zero attached hydrogens (tertiary/aromatic N) is 1. The highest BCUT2D eigenvalue weighted by atomic mass is 16.5. The number of aryl methyl sites for hydroxylation is 1. The van der Waals surface area contributed by atoms with Gasteiger partial charge in [0.05, 0.1) is 12.7 Å². The quantitative estimate of drug-likeness (QED) is 0.788. The molecule has 116 valence electrons. The lowest BCUT2D eigenvalue weighted by Gasteiger charge is -2.22. The lowest BCUT2D eigenvalue weighted by Crippen LogP contribution is -2.29. The standard InChI is InChI=1S/C16H25N3O2/c1-2-13-10-12(11-15(17)19-13)16(20)18-8-9-21-14-6-4-3-5-7-14/h10-11,14H,2-9H2,1H3,(H2,17,19)(H,18,20). The van der Waals surface area contributed by atoms with Crippen LogP contribution in [0, 0.1) is 0 Å². The van der Waals surface area contributed by atoms with Crippen molar-refractivity contribution in [3.8, 4) is 0 Å². The second-order valence-electron chi connectivity index (χ2n) is 5.51. The van der Waals surface area contributed by atoms with Crippen LogP contribution >= 0.6 is 0 Å². The predicted molar refractivity (Wildman–Crippen MR) is 83.2 cm³/mol. The van der Waals surface area contributed by atoms with Crippen LogP contribution in [0.25, 0.3) is 0 Å². The molecule has 1 fully saturated rings. The number of aromatic nitrogens is 1. The van der Waals surface area contributed by atoms with E-state index in [2.05, 4.69) is 10.3 Å². The van der Waals surface area contributed by atoms with Crippen molar-refractivity contribution in [3.05, 3.63) is 23.4 Å². The molecule has 0 aliphatic heterocycles. The van der Waals surface area contributed by atoms with Crippen molar-refractivity contribution in [1.29, 1.82) is 0 Å². The zero-order valence-corrected chi connectivity index (χ0v) is 12.7. The molecule has 21 heavy (non-hydrogen) atoms. The van der Waals surface area contributed by atoms with Gasteiger partial charge in [0.15, 0.2) is 0 Å². The number of hydrogen-bond acceptors (Lipinski definition) is 4. The van der Waals surface area contributed by atoms with Gasteiger partial charge in [-0.05, 0) is 31.4 Å². The predicted octanol–water partition coefficient (Wildman–Crippen LogP) is 2.31. The van der Waals surface area contributed by atoms with E-state index >= 15 is 0 Å². The van der Waals surface area contributed by atoms with Gasteiger partial charge in [0.25, 0.3) is 5.91 Å². The number of rotatable bonds is 6. The summed E-state index contributed by atoms with van der Waals surface area (Å²) < 4.78 is 5.79. The second kappa shape index (κ2) is 7.98. The smallest absolute Gasteiger partial charge is 0.251 e. The van der Waals surface area contributed by atoms with Crippen molar-refractivity contribution in [1.82, 2.24) is 10.3 Å². The van der Waals surface area contributed by atoms with Crippen LogP contribution in [-0.2, 0) is 11.2 Å². The molecule has 1 aromatic heterocycles. The summed E-state index contributed by atoms with van der Waals surface area (Å²) in [5.74, 6) is 0.268. The fourth-order valence-electron chi connectivity index (χ4n) is 2.65. The molecule has 1 aromatic rings. The van der Waals surface area contributed by atoms with Crippen molar-refractivity contribution in [2.75, 3.05) is 18.9 Å². The maximum atomic E-state index is 12.1. The maximum absolute atomic E-state index is 12.1. The van der Waals surface area contributed by atoms with E-state index in [1.54, 1.807) is 12.1 Å². The number of nitrogens with one attached hydrogen (secondary N) is 1. The number of anilines is 1. The third-order valence-electron chi connectivity index (χ3n) is 3.82. The van der Waals surface area contributed by atoms with Crippen molar-refractivity contribution < 1.29 is 9.53 Å². The molecule has 0 aromatic carbocycles. The van der Waals surface area contributed by atoms with Crippen molar-refractivity contribution >= 4 is 11.7 Å². The molecule has 5 heteroatoms. The molecular formula is C16H25N3O2. The van der Waals surface area contributed by atoms with Gasteiger partial charge in [-0.15, -0.1) is 0 Å². The highest BCUT2D eigenvalue weighted by Crippen LogP contribution is 2.19. The Morgan fingerprint density at radius 2 is 2.14 bits per heavy atom. The number of nitrogen functional groups attached to an aromatic ring is 1. The Labute approximate surface area is 126 Å². The minimum Gasteiger partial charge on any atom is -0.384 e. The fourth-order valence-corrected chi connectivity index (χ4v) is 2.65. The fraction of sp³-hybridized carbons (Fsp3) is 0.625. The SMILES string of the molecule is CCc1cc(C(=O)NCCOC2CCCCC2)cc(N)n1. The molecule has 1 saturated carbocycles. The average Bonchev–Trinajstić information content (AvgIpc) is 2.51. The van der Waals surface area contributed by atoms with Gasteiger partial charge in [0, 0.05) is 17.8 Å². The van der Waals surface area contributed by atoms with Gasteiger partial charge in [-0.3, -0.25) is 4.79 Å². The van der Waals surface area contributed by atoms with Crippen LogP contribution in [0.4, 0.5) is 5.82 Å². The number of ether oxygens (including phenoxy) is 1. The van der Waals surface area contributed by atoms with Gasteiger partial charge >= 0.3 is 0 Å². The summed E-state index contributed by atoms with van der Waals surface area (Å²) >= 11 is 0. The van der Waals surface area contributed by atoms with Gasteiger partial charge in [0.2, 0.25) is 0 Å². The molecule has 3 N–H and O–H groups in total. The molecule has 0 saturated heterocycles. The third kappa shape index (κ3) is 5.01. The molecule has 5 nitrogen and oxygen atoms in total. The van der Waals surface area contributed by atoms with Crippen LogP contribution in [0.1, 0.15) is 55.1 Å². The molecule has 0 bridgehead atoms. The Hall–Kier alpha value is -1.62. The van der Waals surface area contributed by atoms with Crippen LogP contribution in [0.3, 0.4) is 0 Å². The monoisotopic (exact) mass is 291 g/mol. The minimum atomic E-state index is -0.119. The van der Waals surface area contributed by atoms with Crippen LogP contribution < -0.4 is 11.1 Å². The van der Waals surface area contributed by atoms with Crippen molar-refractivity contribution in [2.24, 2.45) is 0 Å². The largest absolute Gasteiger partial charge is 0.384 e. The van der Waals surface area contributed by atoms with Gasteiger partial charge < -0.3 is 15.8 Å². The molecular weight excluding hydrogens is 266 g/mol. The molecule has 0 atom stereocenters. The first kappa shape index (κ1) is 15.8. The molecule has 0 radical (unpaired) electrons. The minimum absolute atomic E-state index is 0.119. The average molecular weight is 291 g/mol. The van der Waals surface area contributed by atoms with Gasteiger partial charge in [-0.2, -0.15) is 0 Å². The van der Waals surface area contributed by atoms with Gasteiger partial charge in [-0.1, -0.05) is 26.2 Å². The Kier molecular flexibility index (Phi) is 5.99. The van der Waals surface area contributed by atoms with E-state index in [1.807, 2.05) is 6.92 Å². The third-order valence-corrected chi connectivity index (χ3v) is 3.82. The Balaban J connectivity index is 1.75. The van der Waals surface area contributed by atoms with Gasteiger partial charge in [0.1, 0.15) is 5.82 Å². The highest BCUT2D eigenvalue weighted by Gasteiger charge is 2.13. The topological polar surface area (TPSA) is 77.2 Å². The summed E-state index contributed by atoms with van der Waals surface area (Å²) in [5.41, 5.74) is 7.11. The number of pyridine rings is 1. The highest BCUT2D eigenvalue weighted by molar-refractivity contribution is 5.94.